The number of rotatable bonds is 62. The molecule has 0 aromatic heterocycles. The van der Waals surface area contributed by atoms with Gasteiger partial charge in [-0.2, -0.15) is 0 Å². The highest BCUT2D eigenvalue weighted by Crippen LogP contribution is 2.18. The van der Waals surface area contributed by atoms with Crippen molar-refractivity contribution in [3.05, 3.63) is 72.9 Å². The van der Waals surface area contributed by atoms with Crippen LogP contribution < -0.4 is 0 Å². The number of hydrogen-bond donors (Lipinski definition) is 0. The summed E-state index contributed by atoms with van der Waals surface area (Å²) in [5.74, 6) is -0.877. The molecule has 6 nitrogen and oxygen atoms in total. The molecule has 0 radical (unpaired) electrons. The Morgan fingerprint density at radius 2 is 0.500 bits per heavy atom. The smallest absolute Gasteiger partial charge is 0.306 e. The number of hydrogen-bond acceptors (Lipinski definition) is 6. The highest BCUT2D eigenvalue weighted by molar-refractivity contribution is 5.71. The Morgan fingerprint density at radius 3 is 0.782 bits per heavy atom. The summed E-state index contributed by atoms with van der Waals surface area (Å²) in [5, 5.41) is 0. The van der Waals surface area contributed by atoms with Crippen LogP contribution in [0.4, 0.5) is 0 Å². The number of carbonyl (C=O) groups excluding carboxylic acids is 3. The van der Waals surface area contributed by atoms with E-state index in [1.807, 2.05) is 0 Å². The lowest BCUT2D eigenvalue weighted by molar-refractivity contribution is -0.167. The fourth-order valence-electron chi connectivity index (χ4n) is 9.92. The third-order valence-electron chi connectivity index (χ3n) is 15.0. The van der Waals surface area contributed by atoms with Crippen molar-refractivity contribution in [2.75, 3.05) is 13.2 Å². The van der Waals surface area contributed by atoms with Gasteiger partial charge in [-0.05, 0) is 70.6 Å². The molecule has 452 valence electrons. The lowest BCUT2D eigenvalue weighted by Gasteiger charge is -2.18. The molecule has 0 saturated carbocycles. The Morgan fingerprint density at radius 1 is 0.269 bits per heavy atom. The van der Waals surface area contributed by atoms with Crippen LogP contribution in [0.15, 0.2) is 72.9 Å². The molecule has 1 atom stereocenters. The van der Waals surface area contributed by atoms with Crippen molar-refractivity contribution in [1.29, 1.82) is 0 Å². The first kappa shape index (κ1) is 74.8. The second kappa shape index (κ2) is 66.4. The maximum atomic E-state index is 12.9. The first-order valence-corrected chi connectivity index (χ1v) is 33.9. The Hall–Kier alpha value is -3.15. The summed E-state index contributed by atoms with van der Waals surface area (Å²) in [4.78, 5) is 38.2. The minimum Gasteiger partial charge on any atom is -0.462 e. The molecule has 0 aromatic carbocycles. The van der Waals surface area contributed by atoms with E-state index in [0.29, 0.717) is 19.3 Å². The van der Waals surface area contributed by atoms with E-state index < -0.39 is 6.10 Å². The van der Waals surface area contributed by atoms with Gasteiger partial charge in [-0.1, -0.05) is 331 Å². The highest BCUT2D eigenvalue weighted by atomic mass is 16.6. The summed E-state index contributed by atoms with van der Waals surface area (Å²) in [6.07, 6.45) is 86.5. The molecule has 1 unspecified atom stereocenters. The Labute approximate surface area is 484 Å². The Kier molecular flexibility index (Phi) is 63.7. The number of ether oxygens (including phenoxy) is 3. The molecule has 0 saturated heterocycles. The van der Waals surface area contributed by atoms with Gasteiger partial charge in [-0.15, -0.1) is 0 Å². The van der Waals surface area contributed by atoms with Gasteiger partial charge in [0.1, 0.15) is 13.2 Å². The lowest BCUT2D eigenvalue weighted by atomic mass is 10.0. The molecule has 0 aliphatic rings. The minimum atomic E-state index is -0.781. The van der Waals surface area contributed by atoms with E-state index in [1.54, 1.807) is 0 Å². The van der Waals surface area contributed by atoms with E-state index in [9.17, 15) is 14.4 Å². The molecule has 0 fully saturated rings. The second-order valence-corrected chi connectivity index (χ2v) is 22.7. The average molecular weight is 1090 g/mol. The van der Waals surface area contributed by atoms with Crippen LogP contribution in [0.5, 0.6) is 0 Å². The molecule has 78 heavy (non-hydrogen) atoms. The van der Waals surface area contributed by atoms with Gasteiger partial charge >= 0.3 is 17.9 Å². The van der Waals surface area contributed by atoms with E-state index in [-0.39, 0.29) is 31.1 Å². The first-order valence-electron chi connectivity index (χ1n) is 33.9. The normalized spacial score (nSPS) is 12.5. The third kappa shape index (κ3) is 63.7. The van der Waals surface area contributed by atoms with E-state index >= 15 is 0 Å². The van der Waals surface area contributed by atoms with Crippen LogP contribution in [0, 0.1) is 0 Å². The average Bonchev–Trinajstić information content (AvgIpc) is 3.44. The van der Waals surface area contributed by atoms with Crippen molar-refractivity contribution in [1.82, 2.24) is 0 Å². The Balaban J connectivity index is 4.19. The van der Waals surface area contributed by atoms with Crippen LogP contribution in [-0.4, -0.2) is 37.2 Å². The fraction of sp³-hybridized carbons (Fsp3) is 0.792. The van der Waals surface area contributed by atoms with Crippen molar-refractivity contribution in [2.24, 2.45) is 0 Å². The summed E-state index contributed by atoms with van der Waals surface area (Å²) in [5.41, 5.74) is 0. The van der Waals surface area contributed by atoms with Crippen LogP contribution in [0.1, 0.15) is 348 Å². The van der Waals surface area contributed by atoms with Crippen molar-refractivity contribution in [2.45, 2.75) is 354 Å². The molecule has 0 rings (SSSR count). The number of esters is 3. The fourth-order valence-corrected chi connectivity index (χ4v) is 9.92. The molecular formula is C72H128O6. The molecule has 0 bridgehead atoms. The maximum absolute atomic E-state index is 12.9. The molecule has 0 spiro atoms. The van der Waals surface area contributed by atoms with Gasteiger partial charge in [0, 0.05) is 19.3 Å². The summed E-state index contributed by atoms with van der Waals surface area (Å²) in [6.45, 7) is 6.54. The van der Waals surface area contributed by atoms with E-state index in [4.69, 9.17) is 14.2 Å². The summed E-state index contributed by atoms with van der Waals surface area (Å²) in [7, 11) is 0. The molecule has 0 heterocycles. The minimum absolute atomic E-state index is 0.0773. The number of unbranched alkanes of at least 4 members (excludes halogenated alkanes) is 39. The quantitative estimate of drug-likeness (QED) is 0.0261. The third-order valence-corrected chi connectivity index (χ3v) is 15.0. The van der Waals surface area contributed by atoms with Gasteiger partial charge in [-0.3, -0.25) is 14.4 Å². The van der Waals surface area contributed by atoms with E-state index in [1.165, 1.54) is 199 Å². The second-order valence-electron chi connectivity index (χ2n) is 22.7. The van der Waals surface area contributed by atoms with Crippen LogP contribution in [0.2, 0.25) is 0 Å². The van der Waals surface area contributed by atoms with E-state index in [2.05, 4.69) is 93.7 Å². The van der Waals surface area contributed by atoms with Crippen molar-refractivity contribution < 1.29 is 28.6 Å². The molecular weight excluding hydrogens is 961 g/mol. The number of carbonyl (C=O) groups is 3. The predicted molar refractivity (Wildman–Crippen MR) is 339 cm³/mol. The van der Waals surface area contributed by atoms with Crippen LogP contribution in [-0.2, 0) is 28.6 Å². The molecule has 0 aromatic rings. The van der Waals surface area contributed by atoms with Gasteiger partial charge in [-0.25, -0.2) is 0 Å². The molecule has 6 heteroatoms. The molecule has 0 amide bonds. The van der Waals surface area contributed by atoms with Crippen LogP contribution in [0.3, 0.4) is 0 Å². The first-order chi connectivity index (χ1) is 38.5. The zero-order chi connectivity index (χ0) is 56.4. The van der Waals surface area contributed by atoms with Gasteiger partial charge in [0.05, 0.1) is 0 Å². The van der Waals surface area contributed by atoms with Crippen molar-refractivity contribution in [3.8, 4) is 0 Å². The van der Waals surface area contributed by atoms with Gasteiger partial charge in [0.2, 0.25) is 0 Å². The summed E-state index contributed by atoms with van der Waals surface area (Å²) in [6, 6.07) is 0. The van der Waals surface area contributed by atoms with Crippen molar-refractivity contribution >= 4 is 17.9 Å². The van der Waals surface area contributed by atoms with Gasteiger partial charge in [0.15, 0.2) is 6.10 Å². The van der Waals surface area contributed by atoms with Gasteiger partial charge < -0.3 is 14.2 Å². The number of allylic oxidation sites excluding steroid dienone is 12. The van der Waals surface area contributed by atoms with Crippen LogP contribution in [0.25, 0.3) is 0 Å². The molecule has 0 aliphatic heterocycles. The molecule has 0 aliphatic carbocycles. The van der Waals surface area contributed by atoms with Crippen molar-refractivity contribution in [3.63, 3.8) is 0 Å². The monoisotopic (exact) mass is 1090 g/mol. The standard InChI is InChI=1S/C72H128O6/c1-4-7-10-13-16-19-21-23-25-27-29-31-33-35-37-38-40-42-44-46-48-50-53-56-59-62-65-71(74)77-68-69(67-76-70(73)64-61-58-55-52-18-15-12-9-6-3)78-72(75)66-63-60-57-54-51-49-47-45-43-41-39-36-34-32-30-28-26-24-22-20-17-14-11-8-5-2/h8,11,17,20,24,26,30,32,36,39,43,45,69H,4-7,9-10,12-16,18-19,21-23,25,27-29,31,33-35,37-38,40-42,44,46-68H2,1-3H3/b11-8-,20-17-,26-24-,32-30-,39-36-,45-43-. The predicted octanol–water partition coefficient (Wildman–Crippen LogP) is 23.3. The topological polar surface area (TPSA) is 78.9 Å². The maximum Gasteiger partial charge on any atom is 0.306 e. The summed E-state index contributed by atoms with van der Waals surface area (Å²) < 4.78 is 16.9. The Bertz CT molecular complexity index is 1440. The zero-order valence-electron chi connectivity index (χ0n) is 51.9. The summed E-state index contributed by atoms with van der Waals surface area (Å²) >= 11 is 0. The van der Waals surface area contributed by atoms with Crippen LogP contribution >= 0.6 is 0 Å². The SMILES string of the molecule is CC/C=C\C/C=C\C/C=C\C/C=C\C/C=C\C/C=C\CCCCCCCCC(=O)OC(COC(=O)CCCCCCCCCCC)COC(=O)CCCCCCCCCCCCCCCCCCCCCCCCCCCC. The highest BCUT2D eigenvalue weighted by Gasteiger charge is 2.19. The zero-order valence-corrected chi connectivity index (χ0v) is 51.9. The molecule has 0 N–H and O–H groups in total. The van der Waals surface area contributed by atoms with Gasteiger partial charge in [0.25, 0.3) is 0 Å². The van der Waals surface area contributed by atoms with E-state index in [0.717, 1.165) is 109 Å². The largest absolute Gasteiger partial charge is 0.462 e. The lowest BCUT2D eigenvalue weighted by Crippen LogP contribution is -2.30.